The van der Waals surface area contributed by atoms with Gasteiger partial charge in [0.1, 0.15) is 0 Å². The smallest absolute Gasteiger partial charge is 0.219 e. The lowest BCUT2D eigenvalue weighted by atomic mass is 10.2. The van der Waals surface area contributed by atoms with Crippen LogP contribution in [0.1, 0.15) is 30.8 Å². The van der Waals surface area contributed by atoms with Gasteiger partial charge in [0, 0.05) is 58.4 Å². The van der Waals surface area contributed by atoms with Gasteiger partial charge < -0.3 is 15.5 Å². The van der Waals surface area contributed by atoms with E-state index < -0.39 is 0 Å². The molecule has 1 fully saturated rings. The van der Waals surface area contributed by atoms with Crippen LogP contribution in [0.3, 0.4) is 0 Å². The molecule has 1 aliphatic rings. The number of carbonyl (C=O) groups is 1. The van der Waals surface area contributed by atoms with Crippen molar-refractivity contribution in [3.05, 3.63) is 47.3 Å². The maximum atomic E-state index is 11.5. The van der Waals surface area contributed by atoms with Crippen molar-refractivity contribution in [2.24, 2.45) is 4.99 Å². The molecule has 2 aromatic rings. The molecule has 0 saturated carbocycles. The van der Waals surface area contributed by atoms with Gasteiger partial charge in [0.2, 0.25) is 5.91 Å². The van der Waals surface area contributed by atoms with Gasteiger partial charge in [-0.15, -0.1) is 24.0 Å². The molecule has 0 spiro atoms. The highest BCUT2D eigenvalue weighted by Crippen LogP contribution is 2.17. The first-order valence-electron chi connectivity index (χ1n) is 11.1. The number of aromatic nitrogens is 2. The van der Waals surface area contributed by atoms with Crippen LogP contribution in [0.15, 0.2) is 35.3 Å². The third-order valence-corrected chi connectivity index (χ3v) is 5.52. The van der Waals surface area contributed by atoms with E-state index in [9.17, 15) is 4.79 Å². The zero-order valence-corrected chi connectivity index (χ0v) is 21.9. The Balaban J connectivity index is 0.00000363. The lowest BCUT2D eigenvalue weighted by Crippen LogP contribution is -2.50. The van der Waals surface area contributed by atoms with Gasteiger partial charge in [-0.1, -0.05) is 18.2 Å². The molecule has 0 atom stereocenters. The van der Waals surface area contributed by atoms with Crippen LogP contribution in [0, 0.1) is 13.8 Å². The van der Waals surface area contributed by atoms with Gasteiger partial charge in [0.05, 0.1) is 17.9 Å². The third-order valence-electron chi connectivity index (χ3n) is 5.52. The van der Waals surface area contributed by atoms with E-state index in [1.165, 1.54) is 0 Å². The third kappa shape index (κ3) is 7.19. The van der Waals surface area contributed by atoms with E-state index in [0.717, 1.165) is 74.4 Å². The van der Waals surface area contributed by atoms with Crippen molar-refractivity contribution >= 4 is 35.8 Å². The number of benzene rings is 1. The summed E-state index contributed by atoms with van der Waals surface area (Å²) in [7, 11) is 0. The topological polar surface area (TPSA) is 77.8 Å². The van der Waals surface area contributed by atoms with E-state index in [1.807, 2.05) is 28.6 Å². The summed E-state index contributed by atoms with van der Waals surface area (Å²) in [5.74, 6) is 0.980. The molecule has 0 unspecified atom stereocenters. The maximum Gasteiger partial charge on any atom is 0.219 e. The molecule has 1 aliphatic heterocycles. The molecule has 1 aromatic heterocycles. The van der Waals surface area contributed by atoms with Crippen molar-refractivity contribution in [1.82, 2.24) is 30.2 Å². The molecule has 176 valence electrons. The zero-order valence-electron chi connectivity index (χ0n) is 19.6. The van der Waals surface area contributed by atoms with Crippen molar-refractivity contribution in [1.29, 1.82) is 0 Å². The average Bonchev–Trinajstić information content (AvgIpc) is 3.10. The molecule has 1 aromatic carbocycles. The molecule has 0 bridgehead atoms. The van der Waals surface area contributed by atoms with E-state index in [1.54, 1.807) is 6.92 Å². The number of amides is 1. The fourth-order valence-corrected chi connectivity index (χ4v) is 3.85. The lowest BCUT2D eigenvalue weighted by Gasteiger charge is -2.34. The predicted molar refractivity (Wildman–Crippen MR) is 140 cm³/mol. The minimum absolute atomic E-state index is 0. The molecule has 2 heterocycles. The van der Waals surface area contributed by atoms with E-state index in [-0.39, 0.29) is 29.9 Å². The van der Waals surface area contributed by atoms with Crippen molar-refractivity contribution < 1.29 is 4.79 Å². The minimum atomic E-state index is 0. The summed E-state index contributed by atoms with van der Waals surface area (Å²) in [6.45, 7) is 14.4. The maximum absolute atomic E-state index is 11.5. The molecule has 1 amide bonds. The Kier molecular flexibility index (Phi) is 10.4. The summed E-state index contributed by atoms with van der Waals surface area (Å²) < 4.78 is 1.99. The van der Waals surface area contributed by atoms with Crippen molar-refractivity contribution in [3.63, 3.8) is 0 Å². The van der Waals surface area contributed by atoms with Crippen LogP contribution >= 0.6 is 24.0 Å². The fraction of sp³-hybridized carbons (Fsp3) is 0.522. The molecule has 0 aliphatic carbocycles. The summed E-state index contributed by atoms with van der Waals surface area (Å²) in [6.07, 6.45) is 0. The van der Waals surface area contributed by atoms with Gasteiger partial charge >= 0.3 is 0 Å². The number of carbonyl (C=O) groups excluding carboxylic acids is 1. The average molecular weight is 553 g/mol. The Morgan fingerprint density at radius 1 is 1.12 bits per heavy atom. The highest BCUT2D eigenvalue weighted by molar-refractivity contribution is 14.0. The largest absolute Gasteiger partial charge is 0.357 e. The molecule has 1 saturated heterocycles. The van der Waals surface area contributed by atoms with Gasteiger partial charge in [0.15, 0.2) is 5.96 Å². The number of nitrogens with one attached hydrogen (secondary N) is 2. The lowest BCUT2D eigenvalue weighted by molar-refractivity contribution is -0.130. The van der Waals surface area contributed by atoms with E-state index in [2.05, 4.69) is 52.7 Å². The fourth-order valence-electron chi connectivity index (χ4n) is 3.85. The van der Waals surface area contributed by atoms with Crippen molar-refractivity contribution in [2.75, 3.05) is 45.8 Å². The van der Waals surface area contributed by atoms with Gasteiger partial charge in [-0.3, -0.25) is 9.69 Å². The number of rotatable bonds is 7. The number of halogens is 1. The number of aryl methyl sites for hydroxylation is 2. The van der Waals surface area contributed by atoms with Crippen LogP contribution in [-0.4, -0.2) is 77.3 Å². The van der Waals surface area contributed by atoms with Gasteiger partial charge in [-0.05, 0) is 38.5 Å². The summed E-state index contributed by atoms with van der Waals surface area (Å²) >= 11 is 0. The van der Waals surface area contributed by atoms with Crippen LogP contribution in [0.4, 0.5) is 0 Å². The summed E-state index contributed by atoms with van der Waals surface area (Å²) in [5.41, 5.74) is 4.32. The van der Waals surface area contributed by atoms with Crippen LogP contribution in [0.5, 0.6) is 0 Å². The van der Waals surface area contributed by atoms with E-state index in [0.29, 0.717) is 6.54 Å². The monoisotopic (exact) mass is 553 g/mol. The van der Waals surface area contributed by atoms with Gasteiger partial charge in [-0.25, -0.2) is 9.67 Å². The van der Waals surface area contributed by atoms with E-state index >= 15 is 0 Å². The van der Waals surface area contributed by atoms with Crippen molar-refractivity contribution in [3.8, 4) is 5.69 Å². The summed E-state index contributed by atoms with van der Waals surface area (Å²) in [6, 6.07) is 10.4. The van der Waals surface area contributed by atoms with Crippen LogP contribution < -0.4 is 10.6 Å². The molecule has 32 heavy (non-hydrogen) atoms. The first kappa shape index (κ1) is 26.1. The Morgan fingerprint density at radius 3 is 2.47 bits per heavy atom. The zero-order chi connectivity index (χ0) is 22.2. The SMILES string of the molecule is CCNC(=NCc1ccccc1-n1nc(C)cc1C)NCCN1CCN(C(C)=O)CC1.I. The molecule has 8 nitrogen and oxygen atoms in total. The Hall–Kier alpha value is -2.14. The second-order valence-electron chi connectivity index (χ2n) is 7.94. The number of hydrogen-bond donors (Lipinski definition) is 2. The summed E-state index contributed by atoms with van der Waals surface area (Å²) in [4.78, 5) is 20.6. The Labute approximate surface area is 208 Å². The second-order valence-corrected chi connectivity index (χ2v) is 7.94. The number of hydrogen-bond acceptors (Lipinski definition) is 4. The quantitative estimate of drug-likeness (QED) is 0.313. The first-order chi connectivity index (χ1) is 15.0. The molecular weight excluding hydrogens is 517 g/mol. The Bertz CT molecular complexity index is 903. The molecule has 2 N–H and O–H groups in total. The normalized spacial score (nSPS) is 14.8. The van der Waals surface area contributed by atoms with E-state index in [4.69, 9.17) is 4.99 Å². The van der Waals surface area contributed by atoms with Crippen LogP contribution in [0.25, 0.3) is 5.69 Å². The molecule has 3 rings (SSSR count). The summed E-state index contributed by atoms with van der Waals surface area (Å²) in [5, 5.41) is 11.4. The number of guanidine groups is 1. The molecule has 0 radical (unpaired) electrons. The minimum Gasteiger partial charge on any atom is -0.357 e. The number of nitrogens with zero attached hydrogens (tertiary/aromatic N) is 5. The number of para-hydroxylation sites is 1. The van der Waals surface area contributed by atoms with Gasteiger partial charge in [-0.2, -0.15) is 5.10 Å². The predicted octanol–water partition coefficient (Wildman–Crippen LogP) is 2.33. The molecular formula is C23H36IN7O. The standard InChI is InChI=1S/C23H35N7O.HI/c1-5-24-23(25-10-11-28-12-14-29(15-13-28)20(4)31)26-17-21-8-6-7-9-22(21)30-19(3)16-18(2)27-30;/h6-9,16H,5,10-15,17H2,1-4H3,(H2,24,25,26);1H. The highest BCUT2D eigenvalue weighted by Gasteiger charge is 2.18. The second kappa shape index (κ2) is 12.8. The molecule has 9 heteroatoms. The van der Waals surface area contributed by atoms with Crippen LogP contribution in [-0.2, 0) is 11.3 Å². The highest BCUT2D eigenvalue weighted by atomic mass is 127. The Morgan fingerprint density at radius 2 is 1.84 bits per heavy atom. The number of aliphatic imine (C=N–C) groups is 1. The van der Waals surface area contributed by atoms with Gasteiger partial charge in [0.25, 0.3) is 0 Å². The first-order valence-corrected chi connectivity index (χ1v) is 11.1. The number of piperazine rings is 1. The van der Waals surface area contributed by atoms with Crippen molar-refractivity contribution in [2.45, 2.75) is 34.2 Å². The van der Waals surface area contributed by atoms with Crippen LogP contribution in [0.2, 0.25) is 0 Å².